The highest BCUT2D eigenvalue weighted by Crippen LogP contribution is 2.15. The molecule has 4 nitrogen and oxygen atoms in total. The molecular formula is C15H22N2O2. The summed E-state index contributed by atoms with van der Waals surface area (Å²) in [6.45, 7) is 4.38. The van der Waals surface area contributed by atoms with Crippen molar-refractivity contribution in [2.75, 3.05) is 20.2 Å². The predicted molar refractivity (Wildman–Crippen MR) is 75.1 cm³/mol. The van der Waals surface area contributed by atoms with Gasteiger partial charge in [0.1, 0.15) is 5.75 Å². The van der Waals surface area contributed by atoms with Gasteiger partial charge in [-0.15, -0.1) is 0 Å². The van der Waals surface area contributed by atoms with Crippen molar-refractivity contribution < 1.29 is 9.53 Å². The predicted octanol–water partition coefficient (Wildman–Crippen LogP) is 1.80. The third-order valence-corrected chi connectivity index (χ3v) is 3.58. The maximum Gasteiger partial charge on any atom is 0.239 e. The van der Waals surface area contributed by atoms with Gasteiger partial charge in [0.25, 0.3) is 0 Å². The molecule has 1 aliphatic rings. The number of carbonyl (C=O) groups is 1. The van der Waals surface area contributed by atoms with Crippen molar-refractivity contribution in [2.45, 2.75) is 32.4 Å². The van der Waals surface area contributed by atoms with Crippen LogP contribution in [0.25, 0.3) is 0 Å². The molecule has 2 rings (SSSR count). The van der Waals surface area contributed by atoms with E-state index in [9.17, 15) is 4.79 Å². The van der Waals surface area contributed by atoms with Crippen molar-refractivity contribution in [2.24, 2.45) is 0 Å². The summed E-state index contributed by atoms with van der Waals surface area (Å²) in [5, 5.41) is 3.26. The van der Waals surface area contributed by atoms with Gasteiger partial charge in [-0.1, -0.05) is 12.1 Å². The number of hydrogen-bond donors (Lipinski definition) is 1. The van der Waals surface area contributed by atoms with Crippen LogP contribution in [0.5, 0.6) is 5.75 Å². The first kappa shape index (κ1) is 13.9. The van der Waals surface area contributed by atoms with Gasteiger partial charge in [-0.3, -0.25) is 4.79 Å². The van der Waals surface area contributed by atoms with Crippen molar-refractivity contribution in [3.05, 3.63) is 29.8 Å². The number of nitrogens with zero attached hydrogens (tertiary/aromatic N) is 1. The fourth-order valence-electron chi connectivity index (χ4n) is 2.41. The first-order valence-corrected chi connectivity index (χ1v) is 6.89. The summed E-state index contributed by atoms with van der Waals surface area (Å²) < 4.78 is 5.14. The van der Waals surface area contributed by atoms with E-state index in [-0.39, 0.29) is 11.9 Å². The smallest absolute Gasteiger partial charge is 0.239 e. The van der Waals surface area contributed by atoms with E-state index in [0.29, 0.717) is 6.54 Å². The van der Waals surface area contributed by atoms with Crippen LogP contribution in [0.15, 0.2) is 24.3 Å². The van der Waals surface area contributed by atoms with E-state index in [2.05, 4.69) is 5.32 Å². The first-order chi connectivity index (χ1) is 9.24. The number of carbonyl (C=O) groups excluding carboxylic acids is 1. The highest BCUT2D eigenvalue weighted by atomic mass is 16.5. The van der Waals surface area contributed by atoms with Gasteiger partial charge in [0, 0.05) is 13.1 Å². The highest BCUT2D eigenvalue weighted by Gasteiger charge is 2.25. The summed E-state index contributed by atoms with van der Waals surface area (Å²) >= 11 is 0. The number of amides is 1. The van der Waals surface area contributed by atoms with Gasteiger partial charge in [0.05, 0.1) is 13.2 Å². The van der Waals surface area contributed by atoms with Crippen molar-refractivity contribution in [1.29, 1.82) is 0 Å². The Kier molecular flexibility index (Phi) is 4.80. The second-order valence-corrected chi connectivity index (χ2v) is 4.85. The van der Waals surface area contributed by atoms with Crippen molar-refractivity contribution in [3.8, 4) is 5.75 Å². The molecule has 0 saturated carbocycles. The average molecular weight is 262 g/mol. The van der Waals surface area contributed by atoms with Gasteiger partial charge in [0.2, 0.25) is 5.91 Å². The molecule has 4 heteroatoms. The van der Waals surface area contributed by atoms with Gasteiger partial charge in [0.15, 0.2) is 0 Å². The lowest BCUT2D eigenvalue weighted by Gasteiger charge is -2.24. The molecule has 0 aliphatic carbocycles. The monoisotopic (exact) mass is 262 g/mol. The molecule has 1 atom stereocenters. The standard InChI is InChI=1S/C15H22N2O2/c1-3-17(15(18)14-5-4-10-16-14)11-12-6-8-13(19-2)9-7-12/h6-9,14,16H,3-5,10-11H2,1-2H3. The van der Waals surface area contributed by atoms with Crippen LogP contribution in [0.3, 0.4) is 0 Å². The topological polar surface area (TPSA) is 41.6 Å². The molecule has 1 N–H and O–H groups in total. The Hall–Kier alpha value is -1.55. The minimum absolute atomic E-state index is 0.0122. The zero-order chi connectivity index (χ0) is 13.7. The van der Waals surface area contributed by atoms with E-state index in [1.165, 1.54) is 0 Å². The Bertz CT molecular complexity index is 411. The number of nitrogens with one attached hydrogen (secondary N) is 1. The lowest BCUT2D eigenvalue weighted by molar-refractivity contribution is -0.133. The third kappa shape index (κ3) is 3.47. The molecule has 19 heavy (non-hydrogen) atoms. The van der Waals surface area contributed by atoms with Crippen LogP contribution in [0.2, 0.25) is 0 Å². The lowest BCUT2D eigenvalue weighted by atomic mass is 10.1. The van der Waals surface area contributed by atoms with Crippen molar-refractivity contribution in [1.82, 2.24) is 10.2 Å². The van der Waals surface area contributed by atoms with E-state index in [1.807, 2.05) is 36.1 Å². The van der Waals surface area contributed by atoms with E-state index < -0.39 is 0 Å². The Morgan fingerprint density at radius 1 is 1.42 bits per heavy atom. The van der Waals surface area contributed by atoms with Gasteiger partial charge in [-0.05, 0) is 44.0 Å². The molecule has 0 aromatic heterocycles. The number of benzene rings is 1. The van der Waals surface area contributed by atoms with Crippen molar-refractivity contribution in [3.63, 3.8) is 0 Å². The summed E-state index contributed by atoms with van der Waals surface area (Å²) in [7, 11) is 1.66. The molecule has 1 aromatic rings. The Balaban J connectivity index is 1.99. The Labute approximate surface area is 114 Å². The highest BCUT2D eigenvalue weighted by molar-refractivity contribution is 5.82. The van der Waals surface area contributed by atoms with Crippen LogP contribution in [-0.2, 0) is 11.3 Å². The lowest BCUT2D eigenvalue weighted by Crippen LogP contribution is -2.43. The molecule has 1 amide bonds. The van der Waals surface area contributed by atoms with Gasteiger partial charge in [-0.2, -0.15) is 0 Å². The molecule has 0 bridgehead atoms. The summed E-state index contributed by atoms with van der Waals surface area (Å²) in [5.41, 5.74) is 1.13. The molecule has 0 spiro atoms. The second-order valence-electron chi connectivity index (χ2n) is 4.85. The Morgan fingerprint density at radius 2 is 2.16 bits per heavy atom. The van der Waals surface area contributed by atoms with E-state index in [4.69, 9.17) is 4.74 Å². The molecular weight excluding hydrogens is 240 g/mol. The van der Waals surface area contributed by atoms with Gasteiger partial charge >= 0.3 is 0 Å². The molecule has 1 aromatic carbocycles. The maximum atomic E-state index is 12.3. The molecule has 104 valence electrons. The largest absolute Gasteiger partial charge is 0.497 e. The zero-order valence-corrected chi connectivity index (χ0v) is 11.7. The average Bonchev–Trinajstić information content (AvgIpc) is 2.99. The van der Waals surface area contributed by atoms with Gasteiger partial charge < -0.3 is 15.0 Å². The molecule has 1 fully saturated rings. The van der Waals surface area contributed by atoms with Crippen LogP contribution >= 0.6 is 0 Å². The number of hydrogen-bond acceptors (Lipinski definition) is 3. The second kappa shape index (κ2) is 6.57. The van der Waals surface area contributed by atoms with Crippen LogP contribution in [-0.4, -0.2) is 37.0 Å². The molecule has 1 saturated heterocycles. The fraction of sp³-hybridized carbons (Fsp3) is 0.533. The summed E-state index contributed by atoms with van der Waals surface area (Å²) in [4.78, 5) is 14.3. The SMILES string of the molecule is CCN(Cc1ccc(OC)cc1)C(=O)C1CCCN1. The summed E-state index contributed by atoms with van der Waals surface area (Å²) in [6, 6.07) is 7.90. The summed E-state index contributed by atoms with van der Waals surface area (Å²) in [6.07, 6.45) is 2.05. The summed E-state index contributed by atoms with van der Waals surface area (Å²) in [5.74, 6) is 1.06. The minimum Gasteiger partial charge on any atom is -0.497 e. The molecule has 1 unspecified atom stereocenters. The quantitative estimate of drug-likeness (QED) is 0.879. The Morgan fingerprint density at radius 3 is 2.68 bits per heavy atom. The maximum absolute atomic E-state index is 12.3. The number of likely N-dealkylation sites (N-methyl/N-ethyl adjacent to an activating group) is 1. The molecule has 1 heterocycles. The first-order valence-electron chi connectivity index (χ1n) is 6.89. The molecule has 0 radical (unpaired) electrons. The van der Waals surface area contributed by atoms with E-state index in [1.54, 1.807) is 7.11 Å². The van der Waals surface area contributed by atoms with Crippen molar-refractivity contribution >= 4 is 5.91 Å². The molecule has 1 aliphatic heterocycles. The normalized spacial score (nSPS) is 18.3. The number of methoxy groups -OCH3 is 1. The van der Waals surface area contributed by atoms with E-state index in [0.717, 1.165) is 37.2 Å². The number of rotatable bonds is 5. The fourth-order valence-corrected chi connectivity index (χ4v) is 2.41. The van der Waals surface area contributed by atoms with Crippen LogP contribution in [0.4, 0.5) is 0 Å². The third-order valence-electron chi connectivity index (χ3n) is 3.58. The van der Waals surface area contributed by atoms with Crippen LogP contribution in [0, 0.1) is 0 Å². The van der Waals surface area contributed by atoms with Crippen LogP contribution < -0.4 is 10.1 Å². The minimum atomic E-state index is 0.0122. The van der Waals surface area contributed by atoms with E-state index >= 15 is 0 Å². The van der Waals surface area contributed by atoms with Gasteiger partial charge in [-0.25, -0.2) is 0 Å². The zero-order valence-electron chi connectivity index (χ0n) is 11.7. The number of ether oxygens (including phenoxy) is 1. The van der Waals surface area contributed by atoms with Crippen LogP contribution in [0.1, 0.15) is 25.3 Å².